The lowest BCUT2D eigenvalue weighted by Crippen LogP contribution is -2.42. The van der Waals surface area contributed by atoms with E-state index in [1.54, 1.807) is 6.07 Å². The van der Waals surface area contributed by atoms with Crippen LogP contribution in [0.15, 0.2) is 83.8 Å². The Labute approximate surface area is 171 Å². The zero-order valence-corrected chi connectivity index (χ0v) is 16.2. The van der Waals surface area contributed by atoms with Crippen LogP contribution in [0.5, 0.6) is 0 Å². The molecular formula is C22H18N4O2S. The van der Waals surface area contributed by atoms with Gasteiger partial charge in [0.05, 0.1) is 11.4 Å². The molecule has 4 aromatic rings. The first-order chi connectivity index (χ1) is 14.2. The molecule has 0 aliphatic carbocycles. The van der Waals surface area contributed by atoms with Gasteiger partial charge in [-0.25, -0.2) is 0 Å². The molecule has 0 bridgehead atoms. The summed E-state index contributed by atoms with van der Waals surface area (Å²) < 4.78 is 0. The average molecular weight is 402 g/mol. The molecule has 0 aliphatic rings. The standard InChI is InChI=1S/C22H18N4O2S/c27-21(14-29-18-11-10-15-6-4-5-9-17(15)12-18)25-26-22(28)20-13-19(23-24-20)16-7-2-1-3-8-16/h1-13H,14H2,(H,23,24)(H,25,27)(H,26,28). The molecule has 0 fully saturated rings. The SMILES string of the molecule is O=C(CSc1ccc2ccccc2c1)NNC(=O)c1cc(-c2ccccc2)n[nH]1. The summed E-state index contributed by atoms with van der Waals surface area (Å²) in [5.74, 6) is -0.556. The van der Waals surface area contributed by atoms with Crippen molar-refractivity contribution in [2.24, 2.45) is 0 Å². The number of hydrazine groups is 1. The Bertz CT molecular complexity index is 1160. The normalized spacial score (nSPS) is 10.6. The Morgan fingerprint density at radius 1 is 0.862 bits per heavy atom. The topological polar surface area (TPSA) is 86.9 Å². The third-order valence-corrected chi connectivity index (χ3v) is 5.29. The van der Waals surface area contributed by atoms with E-state index in [4.69, 9.17) is 0 Å². The van der Waals surface area contributed by atoms with E-state index in [0.29, 0.717) is 5.69 Å². The van der Waals surface area contributed by atoms with Crippen LogP contribution >= 0.6 is 11.8 Å². The molecule has 2 amide bonds. The number of nitrogens with one attached hydrogen (secondary N) is 3. The highest BCUT2D eigenvalue weighted by molar-refractivity contribution is 8.00. The van der Waals surface area contributed by atoms with Gasteiger partial charge >= 0.3 is 0 Å². The van der Waals surface area contributed by atoms with Gasteiger partial charge < -0.3 is 0 Å². The van der Waals surface area contributed by atoms with Crippen LogP contribution in [0, 0.1) is 0 Å². The first-order valence-electron chi connectivity index (χ1n) is 9.01. The fraction of sp³-hybridized carbons (Fsp3) is 0.0455. The van der Waals surface area contributed by atoms with Crippen molar-refractivity contribution in [2.75, 3.05) is 5.75 Å². The number of fused-ring (bicyclic) bond motifs is 1. The number of carbonyl (C=O) groups is 2. The molecule has 0 saturated carbocycles. The molecule has 0 saturated heterocycles. The van der Waals surface area contributed by atoms with E-state index in [2.05, 4.69) is 21.0 Å². The van der Waals surface area contributed by atoms with Gasteiger partial charge in [-0.05, 0) is 29.0 Å². The monoisotopic (exact) mass is 402 g/mol. The van der Waals surface area contributed by atoms with Gasteiger partial charge in [0.15, 0.2) is 0 Å². The Balaban J connectivity index is 1.29. The van der Waals surface area contributed by atoms with Crippen molar-refractivity contribution in [1.82, 2.24) is 21.0 Å². The highest BCUT2D eigenvalue weighted by Crippen LogP contribution is 2.23. The minimum Gasteiger partial charge on any atom is -0.272 e. The summed E-state index contributed by atoms with van der Waals surface area (Å²) in [5, 5.41) is 9.10. The first kappa shape index (κ1) is 18.8. The van der Waals surface area contributed by atoms with E-state index < -0.39 is 5.91 Å². The van der Waals surface area contributed by atoms with Crippen molar-refractivity contribution in [3.63, 3.8) is 0 Å². The third-order valence-electron chi connectivity index (χ3n) is 4.30. The predicted octanol–water partition coefficient (Wildman–Crippen LogP) is 3.78. The van der Waals surface area contributed by atoms with Crippen LogP contribution in [-0.2, 0) is 4.79 Å². The number of amides is 2. The largest absolute Gasteiger partial charge is 0.287 e. The van der Waals surface area contributed by atoms with Gasteiger partial charge in [-0.3, -0.25) is 25.5 Å². The van der Waals surface area contributed by atoms with Gasteiger partial charge in [-0.2, -0.15) is 5.10 Å². The second-order valence-electron chi connectivity index (χ2n) is 6.33. The zero-order valence-electron chi connectivity index (χ0n) is 15.4. The Kier molecular flexibility index (Phi) is 5.58. The molecule has 7 heteroatoms. The number of aromatic nitrogens is 2. The molecule has 0 spiro atoms. The molecule has 0 radical (unpaired) electrons. The molecule has 1 aromatic heterocycles. The van der Waals surface area contributed by atoms with Crippen LogP contribution in [0.3, 0.4) is 0 Å². The van der Waals surface area contributed by atoms with E-state index in [1.165, 1.54) is 11.8 Å². The highest BCUT2D eigenvalue weighted by atomic mass is 32.2. The van der Waals surface area contributed by atoms with Crippen molar-refractivity contribution in [3.8, 4) is 11.3 Å². The summed E-state index contributed by atoms with van der Waals surface area (Å²) in [7, 11) is 0. The van der Waals surface area contributed by atoms with Crippen molar-refractivity contribution in [3.05, 3.63) is 84.6 Å². The molecule has 3 N–H and O–H groups in total. The zero-order chi connectivity index (χ0) is 20.1. The van der Waals surface area contributed by atoms with Crippen LogP contribution in [0.1, 0.15) is 10.5 Å². The van der Waals surface area contributed by atoms with Crippen LogP contribution in [-0.4, -0.2) is 27.8 Å². The molecule has 1 heterocycles. The van der Waals surface area contributed by atoms with Crippen molar-refractivity contribution in [1.29, 1.82) is 0 Å². The van der Waals surface area contributed by atoms with E-state index in [9.17, 15) is 9.59 Å². The predicted molar refractivity (Wildman–Crippen MR) is 114 cm³/mol. The maximum absolute atomic E-state index is 12.2. The molecule has 0 atom stereocenters. The van der Waals surface area contributed by atoms with Gasteiger partial charge in [-0.15, -0.1) is 11.8 Å². The number of thioether (sulfide) groups is 1. The highest BCUT2D eigenvalue weighted by Gasteiger charge is 2.12. The second kappa shape index (κ2) is 8.62. The fourth-order valence-corrected chi connectivity index (χ4v) is 3.58. The number of hydrogen-bond acceptors (Lipinski definition) is 4. The summed E-state index contributed by atoms with van der Waals surface area (Å²) in [5.41, 5.74) is 6.67. The van der Waals surface area contributed by atoms with Gasteiger partial charge in [-0.1, -0.05) is 60.7 Å². The van der Waals surface area contributed by atoms with E-state index in [1.807, 2.05) is 72.8 Å². The summed E-state index contributed by atoms with van der Waals surface area (Å²) in [6, 6.07) is 25.3. The molecule has 6 nitrogen and oxygen atoms in total. The van der Waals surface area contributed by atoms with Gasteiger partial charge in [0.2, 0.25) is 5.91 Å². The summed E-state index contributed by atoms with van der Waals surface area (Å²) in [6.45, 7) is 0. The molecular weight excluding hydrogens is 384 g/mol. The van der Waals surface area contributed by atoms with Gasteiger partial charge in [0.1, 0.15) is 5.69 Å². The molecule has 3 aromatic carbocycles. The van der Waals surface area contributed by atoms with Gasteiger partial charge in [0, 0.05) is 10.5 Å². The number of aromatic amines is 1. The number of benzene rings is 3. The molecule has 0 aliphatic heterocycles. The van der Waals surface area contributed by atoms with Crippen LogP contribution < -0.4 is 10.9 Å². The average Bonchev–Trinajstić information content (AvgIpc) is 3.27. The lowest BCUT2D eigenvalue weighted by Gasteiger charge is -2.07. The minimum atomic E-state index is -0.455. The van der Waals surface area contributed by atoms with E-state index in [0.717, 1.165) is 21.2 Å². The van der Waals surface area contributed by atoms with Crippen LogP contribution in [0.4, 0.5) is 0 Å². The Morgan fingerprint density at radius 3 is 2.45 bits per heavy atom. The Morgan fingerprint density at radius 2 is 1.62 bits per heavy atom. The van der Waals surface area contributed by atoms with E-state index >= 15 is 0 Å². The second-order valence-corrected chi connectivity index (χ2v) is 7.38. The quantitative estimate of drug-likeness (QED) is 0.350. The van der Waals surface area contributed by atoms with Crippen molar-refractivity contribution >= 4 is 34.3 Å². The Hall–Kier alpha value is -3.58. The first-order valence-corrected chi connectivity index (χ1v) is 9.99. The molecule has 4 rings (SSSR count). The lowest BCUT2D eigenvalue weighted by atomic mass is 10.1. The fourth-order valence-electron chi connectivity index (χ4n) is 2.83. The summed E-state index contributed by atoms with van der Waals surface area (Å²) >= 11 is 1.41. The number of rotatable bonds is 5. The smallest absolute Gasteiger partial charge is 0.272 e. The van der Waals surface area contributed by atoms with Crippen molar-refractivity contribution in [2.45, 2.75) is 4.90 Å². The number of nitrogens with zero attached hydrogens (tertiary/aromatic N) is 1. The molecule has 0 unspecified atom stereocenters. The number of carbonyl (C=O) groups excluding carboxylic acids is 2. The van der Waals surface area contributed by atoms with E-state index in [-0.39, 0.29) is 17.4 Å². The lowest BCUT2D eigenvalue weighted by molar-refractivity contribution is -0.119. The number of H-pyrrole nitrogens is 1. The number of hydrogen-bond donors (Lipinski definition) is 3. The summed E-state index contributed by atoms with van der Waals surface area (Å²) in [4.78, 5) is 25.3. The minimum absolute atomic E-state index is 0.191. The van der Waals surface area contributed by atoms with Gasteiger partial charge in [0.25, 0.3) is 5.91 Å². The van der Waals surface area contributed by atoms with Crippen molar-refractivity contribution < 1.29 is 9.59 Å². The van der Waals surface area contributed by atoms with Crippen LogP contribution in [0.25, 0.3) is 22.0 Å². The maximum atomic E-state index is 12.2. The molecule has 29 heavy (non-hydrogen) atoms. The van der Waals surface area contributed by atoms with Crippen LogP contribution in [0.2, 0.25) is 0 Å². The maximum Gasteiger partial charge on any atom is 0.287 e. The third kappa shape index (κ3) is 4.64. The molecule has 144 valence electrons. The summed E-state index contributed by atoms with van der Waals surface area (Å²) in [6.07, 6.45) is 0.